The highest BCUT2D eigenvalue weighted by molar-refractivity contribution is 5.96. The Morgan fingerprint density at radius 1 is 1.09 bits per heavy atom. The van der Waals surface area contributed by atoms with Crippen LogP contribution in [0.2, 0.25) is 0 Å². The summed E-state index contributed by atoms with van der Waals surface area (Å²) in [5.41, 5.74) is 3.75. The van der Waals surface area contributed by atoms with Crippen LogP contribution in [-0.4, -0.2) is 39.6 Å². The number of carbonyl (C=O) groups is 1. The molecule has 0 radical (unpaired) electrons. The number of rotatable bonds is 4. The van der Waals surface area contributed by atoms with Gasteiger partial charge >= 0.3 is 6.03 Å². The summed E-state index contributed by atoms with van der Waals surface area (Å²) in [4.78, 5) is 19.2. The summed E-state index contributed by atoms with van der Waals surface area (Å²) in [7, 11) is 1.62. The molecule has 2 N–H and O–H groups in total. The van der Waals surface area contributed by atoms with Crippen LogP contribution in [-0.2, 0) is 13.0 Å². The number of urea groups is 1. The topological polar surface area (TPSA) is 92.5 Å². The van der Waals surface area contributed by atoms with Gasteiger partial charge in [0.1, 0.15) is 17.3 Å². The highest BCUT2D eigenvalue weighted by Crippen LogP contribution is 2.38. The first kappa shape index (κ1) is 20.6. The number of hydrogen-bond acceptors (Lipinski definition) is 5. The van der Waals surface area contributed by atoms with Gasteiger partial charge in [-0.2, -0.15) is 5.10 Å². The quantitative estimate of drug-likeness (QED) is 0.501. The number of aromatic hydroxyl groups is 1. The molecular weight excluding hydrogens is 418 g/mol. The molecule has 3 heterocycles. The molecule has 0 aliphatic carbocycles. The second kappa shape index (κ2) is 8.66. The summed E-state index contributed by atoms with van der Waals surface area (Å²) in [5, 5.41) is 18.6. The van der Waals surface area contributed by atoms with Gasteiger partial charge in [0.25, 0.3) is 0 Å². The van der Waals surface area contributed by atoms with Crippen molar-refractivity contribution in [3.8, 4) is 28.6 Å². The SMILES string of the molecule is COc1ccc(CNC(=O)N2CCc3c(nn(-c4ccccc4)c3O)-c3cccnc32)cc1. The number of benzene rings is 2. The van der Waals surface area contributed by atoms with Gasteiger partial charge in [-0.25, -0.2) is 14.5 Å². The number of amides is 2. The van der Waals surface area contributed by atoms with E-state index in [2.05, 4.69) is 15.4 Å². The number of ether oxygens (including phenoxy) is 1. The minimum Gasteiger partial charge on any atom is -0.497 e. The smallest absolute Gasteiger partial charge is 0.323 e. The van der Waals surface area contributed by atoms with E-state index in [1.54, 1.807) is 24.3 Å². The van der Waals surface area contributed by atoms with Gasteiger partial charge in [0, 0.05) is 30.4 Å². The zero-order valence-corrected chi connectivity index (χ0v) is 18.1. The van der Waals surface area contributed by atoms with Gasteiger partial charge in [0.15, 0.2) is 0 Å². The van der Waals surface area contributed by atoms with Crippen molar-refractivity contribution in [1.29, 1.82) is 0 Å². The fourth-order valence-electron chi connectivity index (χ4n) is 3.98. The second-order valence-corrected chi connectivity index (χ2v) is 7.68. The van der Waals surface area contributed by atoms with Gasteiger partial charge in [-0.3, -0.25) is 4.90 Å². The van der Waals surface area contributed by atoms with E-state index in [0.29, 0.717) is 42.1 Å². The molecule has 0 saturated carbocycles. The third-order valence-corrected chi connectivity index (χ3v) is 5.69. The standard InChI is InChI=1S/C25H23N5O3/c1-33-19-11-9-17(10-12-19)16-27-25(32)29-15-13-21-22(20-8-5-14-26-23(20)29)28-30(24(21)31)18-6-3-2-4-7-18/h2-12,14,31H,13,15-16H2,1H3,(H,27,32). The number of nitrogens with one attached hydrogen (secondary N) is 1. The van der Waals surface area contributed by atoms with E-state index >= 15 is 0 Å². The third kappa shape index (κ3) is 3.87. The van der Waals surface area contributed by atoms with E-state index in [1.807, 2.05) is 60.7 Å². The first-order valence-corrected chi connectivity index (χ1v) is 10.7. The van der Waals surface area contributed by atoms with Crippen LogP contribution in [0.1, 0.15) is 11.1 Å². The number of methoxy groups -OCH3 is 1. The van der Waals surface area contributed by atoms with Crippen LogP contribution < -0.4 is 15.0 Å². The Bertz CT molecular complexity index is 1290. The molecule has 8 nitrogen and oxygen atoms in total. The Morgan fingerprint density at radius 3 is 2.64 bits per heavy atom. The number of carbonyl (C=O) groups excluding carboxylic acids is 1. The van der Waals surface area contributed by atoms with Crippen LogP contribution in [0.4, 0.5) is 10.6 Å². The Balaban J connectivity index is 1.43. The maximum atomic E-state index is 13.1. The first-order valence-electron chi connectivity index (χ1n) is 10.7. The molecular formula is C25H23N5O3. The average Bonchev–Trinajstić information content (AvgIpc) is 3.10. The fourth-order valence-corrected chi connectivity index (χ4v) is 3.98. The van der Waals surface area contributed by atoms with Crippen molar-refractivity contribution in [1.82, 2.24) is 20.1 Å². The van der Waals surface area contributed by atoms with Crippen LogP contribution in [0, 0.1) is 0 Å². The van der Waals surface area contributed by atoms with Crippen molar-refractivity contribution >= 4 is 11.8 Å². The lowest BCUT2D eigenvalue weighted by Gasteiger charge is -2.22. The lowest BCUT2D eigenvalue weighted by atomic mass is 10.1. The Labute approximate surface area is 191 Å². The molecule has 0 atom stereocenters. The number of nitrogens with zero attached hydrogens (tertiary/aromatic N) is 4. The van der Waals surface area contributed by atoms with Crippen LogP contribution in [0.5, 0.6) is 11.6 Å². The number of para-hydroxylation sites is 1. The minimum atomic E-state index is -0.258. The Kier molecular flexibility index (Phi) is 5.40. The maximum Gasteiger partial charge on any atom is 0.323 e. The summed E-state index contributed by atoms with van der Waals surface area (Å²) in [6.45, 7) is 0.734. The Morgan fingerprint density at radius 2 is 1.88 bits per heavy atom. The minimum absolute atomic E-state index is 0.0755. The van der Waals surface area contributed by atoms with Crippen LogP contribution in [0.15, 0.2) is 72.9 Å². The number of hydrogen-bond donors (Lipinski definition) is 2. The molecule has 166 valence electrons. The number of fused-ring (bicyclic) bond motifs is 3. The van der Waals surface area contributed by atoms with Crippen molar-refractivity contribution in [2.45, 2.75) is 13.0 Å². The molecule has 8 heteroatoms. The molecule has 2 aromatic heterocycles. The Hall–Kier alpha value is -4.33. The van der Waals surface area contributed by atoms with Crippen molar-refractivity contribution in [3.63, 3.8) is 0 Å². The van der Waals surface area contributed by atoms with E-state index < -0.39 is 0 Å². The lowest BCUT2D eigenvalue weighted by molar-refractivity contribution is 0.246. The van der Waals surface area contributed by atoms with Gasteiger partial charge in [-0.1, -0.05) is 30.3 Å². The molecule has 0 unspecified atom stereocenters. The molecule has 1 aliphatic rings. The predicted octanol–water partition coefficient (Wildman–Crippen LogP) is 3.92. The first-order chi connectivity index (χ1) is 16.2. The predicted molar refractivity (Wildman–Crippen MR) is 125 cm³/mol. The molecule has 5 rings (SSSR count). The third-order valence-electron chi connectivity index (χ3n) is 5.69. The van der Waals surface area contributed by atoms with Gasteiger partial charge < -0.3 is 15.2 Å². The van der Waals surface area contributed by atoms with E-state index in [0.717, 1.165) is 17.0 Å². The lowest BCUT2D eigenvalue weighted by Crippen LogP contribution is -2.41. The van der Waals surface area contributed by atoms with Crippen molar-refractivity contribution in [2.75, 3.05) is 18.6 Å². The molecule has 0 saturated heterocycles. The highest BCUT2D eigenvalue weighted by Gasteiger charge is 2.30. The fraction of sp³-hybridized carbons (Fsp3) is 0.160. The van der Waals surface area contributed by atoms with E-state index in [9.17, 15) is 9.90 Å². The van der Waals surface area contributed by atoms with Crippen molar-refractivity contribution in [3.05, 3.63) is 84.1 Å². The highest BCUT2D eigenvalue weighted by atomic mass is 16.5. The molecule has 0 fully saturated rings. The largest absolute Gasteiger partial charge is 0.497 e. The zero-order valence-electron chi connectivity index (χ0n) is 18.1. The van der Waals surface area contributed by atoms with Crippen LogP contribution >= 0.6 is 0 Å². The van der Waals surface area contributed by atoms with E-state index in [-0.39, 0.29) is 11.9 Å². The molecule has 33 heavy (non-hydrogen) atoms. The van der Waals surface area contributed by atoms with Crippen LogP contribution in [0.3, 0.4) is 0 Å². The van der Waals surface area contributed by atoms with Gasteiger partial charge in [-0.05, 0) is 48.4 Å². The second-order valence-electron chi connectivity index (χ2n) is 7.68. The molecule has 2 amide bonds. The summed E-state index contributed by atoms with van der Waals surface area (Å²) < 4.78 is 6.71. The molecule has 0 spiro atoms. The number of pyridine rings is 1. The zero-order chi connectivity index (χ0) is 22.8. The maximum absolute atomic E-state index is 13.1. The molecule has 1 aliphatic heterocycles. The number of anilines is 1. The summed E-state index contributed by atoms with van der Waals surface area (Å²) in [6, 6.07) is 20.4. The molecule has 2 aromatic carbocycles. The summed E-state index contributed by atoms with van der Waals surface area (Å²) >= 11 is 0. The monoisotopic (exact) mass is 441 g/mol. The summed E-state index contributed by atoms with van der Waals surface area (Å²) in [5.74, 6) is 1.35. The van der Waals surface area contributed by atoms with Crippen molar-refractivity contribution < 1.29 is 14.6 Å². The van der Waals surface area contributed by atoms with Gasteiger partial charge in [0.2, 0.25) is 5.88 Å². The van der Waals surface area contributed by atoms with Crippen LogP contribution in [0.25, 0.3) is 16.9 Å². The number of aromatic nitrogens is 3. The normalized spacial score (nSPS) is 12.5. The van der Waals surface area contributed by atoms with Crippen molar-refractivity contribution in [2.24, 2.45) is 0 Å². The van der Waals surface area contributed by atoms with E-state index in [4.69, 9.17) is 4.74 Å². The summed E-state index contributed by atoms with van der Waals surface area (Å²) in [6.07, 6.45) is 2.10. The van der Waals surface area contributed by atoms with E-state index in [1.165, 1.54) is 4.68 Å². The average molecular weight is 441 g/mol. The molecule has 0 bridgehead atoms. The van der Waals surface area contributed by atoms with Gasteiger partial charge in [0.05, 0.1) is 12.8 Å². The molecule has 4 aromatic rings. The van der Waals surface area contributed by atoms with Gasteiger partial charge in [-0.15, -0.1) is 0 Å².